The summed E-state index contributed by atoms with van der Waals surface area (Å²) in [5.74, 6) is 0.935. The molecule has 1 rings (SSSR count). The third kappa shape index (κ3) is 4.73. The van der Waals surface area contributed by atoms with Gasteiger partial charge in [0.15, 0.2) is 6.29 Å². The predicted molar refractivity (Wildman–Crippen MR) is 67.4 cm³/mol. The van der Waals surface area contributed by atoms with Gasteiger partial charge in [-0.05, 0) is 24.6 Å². The lowest BCUT2D eigenvalue weighted by molar-refractivity contribution is -0.0986. The van der Waals surface area contributed by atoms with Crippen molar-refractivity contribution in [2.75, 3.05) is 34.4 Å². The van der Waals surface area contributed by atoms with Crippen LogP contribution in [0.1, 0.15) is 5.56 Å². The van der Waals surface area contributed by atoms with E-state index in [0.717, 1.165) is 18.7 Å². The first-order chi connectivity index (χ1) is 8.31. The van der Waals surface area contributed by atoms with Gasteiger partial charge in [-0.25, -0.2) is 0 Å². The Hall–Kier alpha value is -1.10. The van der Waals surface area contributed by atoms with Crippen molar-refractivity contribution in [1.82, 2.24) is 5.32 Å². The van der Waals surface area contributed by atoms with Crippen LogP contribution in [0.15, 0.2) is 24.3 Å². The average molecular weight is 239 g/mol. The summed E-state index contributed by atoms with van der Waals surface area (Å²) in [6.45, 7) is 1.55. The Kier molecular flexibility index (Phi) is 6.62. The number of hydrogen-bond donors (Lipinski definition) is 1. The summed E-state index contributed by atoms with van der Waals surface area (Å²) in [4.78, 5) is 0. The molecule has 1 N–H and O–H groups in total. The molecule has 0 aliphatic rings. The first kappa shape index (κ1) is 14.0. The lowest BCUT2D eigenvalue weighted by Crippen LogP contribution is -2.31. The van der Waals surface area contributed by atoms with Gasteiger partial charge in [-0.3, -0.25) is 0 Å². The van der Waals surface area contributed by atoms with Crippen LogP contribution in [0.25, 0.3) is 0 Å². The minimum atomic E-state index is -0.187. The van der Waals surface area contributed by atoms with E-state index in [0.29, 0.717) is 6.54 Å². The molecular formula is C13H21NO3. The van der Waals surface area contributed by atoms with Crippen LogP contribution in [-0.4, -0.2) is 40.7 Å². The maximum absolute atomic E-state index is 5.29. The molecule has 0 bridgehead atoms. The van der Waals surface area contributed by atoms with E-state index in [-0.39, 0.29) is 6.29 Å². The van der Waals surface area contributed by atoms with E-state index in [1.165, 1.54) is 5.56 Å². The van der Waals surface area contributed by atoms with Crippen molar-refractivity contribution in [2.45, 2.75) is 12.7 Å². The van der Waals surface area contributed by atoms with Gasteiger partial charge in [0, 0.05) is 20.8 Å². The zero-order valence-corrected chi connectivity index (χ0v) is 10.7. The lowest BCUT2D eigenvalue weighted by Gasteiger charge is -2.14. The highest BCUT2D eigenvalue weighted by Gasteiger charge is 2.04. The molecule has 0 fully saturated rings. The fourth-order valence-corrected chi connectivity index (χ4v) is 1.62. The van der Waals surface area contributed by atoms with Gasteiger partial charge in [-0.15, -0.1) is 0 Å². The van der Waals surface area contributed by atoms with Crippen LogP contribution in [0.5, 0.6) is 5.75 Å². The topological polar surface area (TPSA) is 39.7 Å². The van der Waals surface area contributed by atoms with Gasteiger partial charge in [-0.2, -0.15) is 0 Å². The van der Waals surface area contributed by atoms with Crippen molar-refractivity contribution in [2.24, 2.45) is 0 Å². The zero-order chi connectivity index (χ0) is 12.5. The summed E-state index contributed by atoms with van der Waals surface area (Å²) in [5.41, 5.74) is 1.20. The maximum Gasteiger partial charge on any atom is 0.169 e. The lowest BCUT2D eigenvalue weighted by atomic mass is 10.1. The van der Waals surface area contributed by atoms with Crippen molar-refractivity contribution in [1.29, 1.82) is 0 Å². The van der Waals surface area contributed by atoms with E-state index in [1.807, 2.05) is 18.2 Å². The maximum atomic E-state index is 5.29. The Morgan fingerprint density at radius 3 is 2.47 bits per heavy atom. The summed E-state index contributed by atoms with van der Waals surface area (Å²) in [5, 5.41) is 3.28. The number of para-hydroxylation sites is 1. The Balaban J connectivity index is 2.30. The van der Waals surface area contributed by atoms with E-state index in [1.54, 1.807) is 21.3 Å². The molecule has 1 aromatic rings. The molecule has 17 heavy (non-hydrogen) atoms. The second kappa shape index (κ2) is 8.06. The number of nitrogens with one attached hydrogen (secondary N) is 1. The highest BCUT2D eigenvalue weighted by Crippen LogP contribution is 2.17. The van der Waals surface area contributed by atoms with Crippen LogP contribution in [0.4, 0.5) is 0 Å². The molecular weight excluding hydrogens is 218 g/mol. The van der Waals surface area contributed by atoms with Crippen LogP contribution in [0.3, 0.4) is 0 Å². The van der Waals surface area contributed by atoms with E-state index in [4.69, 9.17) is 14.2 Å². The van der Waals surface area contributed by atoms with Gasteiger partial charge < -0.3 is 19.5 Å². The molecule has 0 saturated carbocycles. The first-order valence-corrected chi connectivity index (χ1v) is 5.70. The minimum absolute atomic E-state index is 0.187. The third-order valence-corrected chi connectivity index (χ3v) is 2.60. The van der Waals surface area contributed by atoms with Crippen LogP contribution in [0, 0.1) is 0 Å². The Morgan fingerprint density at radius 2 is 1.82 bits per heavy atom. The molecule has 96 valence electrons. The van der Waals surface area contributed by atoms with Crippen LogP contribution >= 0.6 is 0 Å². The van der Waals surface area contributed by atoms with Crippen LogP contribution < -0.4 is 10.1 Å². The molecule has 0 aliphatic carbocycles. The molecule has 0 amide bonds. The van der Waals surface area contributed by atoms with Crippen molar-refractivity contribution in [3.05, 3.63) is 29.8 Å². The van der Waals surface area contributed by atoms with Crippen molar-refractivity contribution in [3.8, 4) is 5.75 Å². The van der Waals surface area contributed by atoms with E-state index in [9.17, 15) is 0 Å². The van der Waals surface area contributed by atoms with Gasteiger partial charge in [0.05, 0.1) is 7.11 Å². The standard InChI is InChI=1S/C13H21NO3/c1-15-12-7-5-4-6-11(12)8-9-14-10-13(16-2)17-3/h4-7,13-14H,8-10H2,1-3H3. The molecule has 0 aliphatic heterocycles. The summed E-state index contributed by atoms with van der Waals surface area (Å²) < 4.78 is 15.5. The smallest absolute Gasteiger partial charge is 0.169 e. The molecule has 0 atom stereocenters. The second-order valence-electron chi connectivity index (χ2n) is 3.67. The largest absolute Gasteiger partial charge is 0.496 e. The van der Waals surface area contributed by atoms with Gasteiger partial charge in [0.1, 0.15) is 5.75 Å². The minimum Gasteiger partial charge on any atom is -0.496 e. The third-order valence-electron chi connectivity index (χ3n) is 2.60. The summed E-state index contributed by atoms with van der Waals surface area (Å²) in [6, 6.07) is 8.04. The molecule has 0 radical (unpaired) electrons. The Labute approximate surface area is 103 Å². The molecule has 1 aromatic carbocycles. The van der Waals surface area contributed by atoms with E-state index < -0.39 is 0 Å². The van der Waals surface area contributed by atoms with Crippen LogP contribution in [-0.2, 0) is 15.9 Å². The highest BCUT2D eigenvalue weighted by molar-refractivity contribution is 5.33. The van der Waals surface area contributed by atoms with Gasteiger partial charge in [0.25, 0.3) is 0 Å². The molecule has 4 nitrogen and oxygen atoms in total. The highest BCUT2D eigenvalue weighted by atomic mass is 16.7. The summed E-state index contributed by atoms with van der Waals surface area (Å²) >= 11 is 0. The summed E-state index contributed by atoms with van der Waals surface area (Å²) in [6.07, 6.45) is 0.733. The van der Waals surface area contributed by atoms with E-state index in [2.05, 4.69) is 11.4 Å². The SMILES string of the molecule is COc1ccccc1CCNCC(OC)OC. The van der Waals surface area contributed by atoms with Crippen molar-refractivity contribution in [3.63, 3.8) is 0 Å². The molecule has 4 heteroatoms. The molecule has 0 aromatic heterocycles. The molecule has 0 spiro atoms. The fourth-order valence-electron chi connectivity index (χ4n) is 1.62. The number of hydrogen-bond acceptors (Lipinski definition) is 4. The first-order valence-electron chi connectivity index (χ1n) is 5.70. The average Bonchev–Trinajstić information content (AvgIpc) is 2.39. The van der Waals surface area contributed by atoms with Gasteiger partial charge >= 0.3 is 0 Å². The van der Waals surface area contributed by atoms with Crippen molar-refractivity contribution < 1.29 is 14.2 Å². The quantitative estimate of drug-likeness (QED) is 0.550. The number of ether oxygens (including phenoxy) is 3. The second-order valence-corrected chi connectivity index (χ2v) is 3.67. The number of rotatable bonds is 8. The normalized spacial score (nSPS) is 10.8. The van der Waals surface area contributed by atoms with E-state index >= 15 is 0 Å². The molecule has 0 heterocycles. The molecule has 0 saturated heterocycles. The predicted octanol–water partition coefficient (Wildman–Crippen LogP) is 1.45. The zero-order valence-electron chi connectivity index (χ0n) is 10.7. The number of methoxy groups -OCH3 is 3. The monoisotopic (exact) mass is 239 g/mol. The Bertz CT molecular complexity index is 313. The fraction of sp³-hybridized carbons (Fsp3) is 0.538. The van der Waals surface area contributed by atoms with Crippen LogP contribution in [0.2, 0.25) is 0 Å². The van der Waals surface area contributed by atoms with Gasteiger partial charge in [0.2, 0.25) is 0 Å². The summed E-state index contributed by atoms with van der Waals surface area (Å²) in [7, 11) is 4.96. The van der Waals surface area contributed by atoms with Crippen molar-refractivity contribution >= 4 is 0 Å². The molecule has 0 unspecified atom stereocenters. The number of benzene rings is 1. The Morgan fingerprint density at radius 1 is 1.12 bits per heavy atom. The van der Waals surface area contributed by atoms with Gasteiger partial charge in [-0.1, -0.05) is 18.2 Å².